The van der Waals surface area contributed by atoms with Gasteiger partial charge in [-0.1, -0.05) is 0 Å². The number of halogens is 1. The van der Waals surface area contributed by atoms with Crippen LogP contribution >= 0.6 is 0 Å². The van der Waals surface area contributed by atoms with E-state index in [2.05, 4.69) is 5.32 Å². The molecule has 4 nitrogen and oxygen atoms in total. The van der Waals surface area contributed by atoms with Crippen molar-refractivity contribution in [3.63, 3.8) is 0 Å². The molecular formula is C15H22IN2O2-. The number of carbonyl (C=O) groups is 1. The van der Waals surface area contributed by atoms with Gasteiger partial charge >= 0.3 is 131 Å². The van der Waals surface area contributed by atoms with Crippen LogP contribution in [-0.4, -0.2) is 16.6 Å². The molecular weight excluding hydrogens is 367 g/mol. The molecule has 0 heterocycles. The standard InChI is InChI=1S/C15H22IN2O2/c17-16-10-13-7-4-8-14(9-13)18-15(19)20-11-12-5-2-1-3-6-12/h1-3,5-6,13-14H,4,7-11,17H2,(H,18,19)/q-1/t13?,14-/m0/s1. The van der Waals surface area contributed by atoms with Gasteiger partial charge in [-0.3, -0.25) is 0 Å². The maximum atomic E-state index is 11.8. The Hall–Kier alpha value is -0.820. The molecule has 1 amide bonds. The summed E-state index contributed by atoms with van der Waals surface area (Å²) in [4.78, 5) is 11.8. The van der Waals surface area contributed by atoms with Crippen LogP contribution in [0, 0.1) is 5.92 Å². The molecule has 112 valence electrons. The number of amides is 1. The number of nitrogens with one attached hydrogen (secondary N) is 1. The minimum absolute atomic E-state index is 0.140. The van der Waals surface area contributed by atoms with Gasteiger partial charge in [-0.2, -0.15) is 0 Å². The third-order valence-electron chi connectivity index (χ3n) is 3.62. The molecule has 0 spiro atoms. The Balaban J connectivity index is 1.71. The monoisotopic (exact) mass is 389 g/mol. The van der Waals surface area contributed by atoms with E-state index in [0.717, 1.165) is 22.8 Å². The molecule has 20 heavy (non-hydrogen) atoms. The van der Waals surface area contributed by atoms with Crippen molar-refractivity contribution in [3.8, 4) is 0 Å². The number of ether oxygens (including phenoxy) is 1. The summed E-state index contributed by atoms with van der Waals surface area (Å²) in [5.74, 6) is 0.695. The second-order valence-electron chi connectivity index (χ2n) is 5.24. The zero-order valence-electron chi connectivity index (χ0n) is 11.6. The minimum atomic E-state index is -0.304. The van der Waals surface area contributed by atoms with Gasteiger partial charge in [0, 0.05) is 0 Å². The van der Waals surface area contributed by atoms with Gasteiger partial charge in [0.15, 0.2) is 0 Å². The first-order chi connectivity index (χ1) is 9.78. The summed E-state index contributed by atoms with van der Waals surface area (Å²) in [5, 5.41) is 2.99. The Bertz CT molecular complexity index is 412. The van der Waals surface area contributed by atoms with E-state index in [0.29, 0.717) is 12.5 Å². The molecule has 0 saturated heterocycles. The molecule has 2 rings (SSSR count). The van der Waals surface area contributed by atoms with E-state index in [1.165, 1.54) is 12.8 Å². The summed E-state index contributed by atoms with van der Waals surface area (Å²) in [6, 6.07) is 10.00. The average molecular weight is 389 g/mol. The summed E-state index contributed by atoms with van der Waals surface area (Å²) in [6.07, 6.45) is 4.24. The summed E-state index contributed by atoms with van der Waals surface area (Å²) in [6.45, 7) is 0.330. The number of rotatable bonds is 5. The molecule has 0 aromatic heterocycles. The van der Waals surface area contributed by atoms with Crippen molar-refractivity contribution >= 4 is 6.09 Å². The van der Waals surface area contributed by atoms with Gasteiger partial charge in [-0.05, 0) is 0 Å². The molecule has 0 bridgehead atoms. The molecule has 1 aromatic carbocycles. The Morgan fingerprint density at radius 3 is 2.90 bits per heavy atom. The van der Waals surface area contributed by atoms with Crippen LogP contribution in [0.5, 0.6) is 0 Å². The Labute approximate surface area is 131 Å². The maximum absolute atomic E-state index is 11.8. The van der Waals surface area contributed by atoms with E-state index in [4.69, 9.17) is 8.68 Å². The molecule has 0 radical (unpaired) electrons. The number of nitrogens with two attached hydrogens (primary N) is 1. The predicted octanol–water partition coefficient (Wildman–Crippen LogP) is -0.566. The van der Waals surface area contributed by atoms with Gasteiger partial charge in [0.25, 0.3) is 0 Å². The van der Waals surface area contributed by atoms with Crippen molar-refractivity contribution < 1.29 is 31.0 Å². The number of benzene rings is 1. The van der Waals surface area contributed by atoms with Crippen molar-refractivity contribution in [2.45, 2.75) is 38.3 Å². The molecule has 1 aliphatic carbocycles. The molecule has 1 aromatic rings. The second-order valence-corrected chi connectivity index (χ2v) is 7.01. The quantitative estimate of drug-likeness (QED) is 0.403. The normalized spacial score (nSPS) is 22.4. The molecule has 1 unspecified atom stereocenters. The first-order valence-electron chi connectivity index (χ1n) is 7.03. The van der Waals surface area contributed by atoms with Gasteiger partial charge in [0.05, 0.1) is 0 Å². The zero-order chi connectivity index (χ0) is 14.2. The van der Waals surface area contributed by atoms with Gasteiger partial charge in [0.1, 0.15) is 0 Å². The van der Waals surface area contributed by atoms with Gasteiger partial charge in [-0.15, -0.1) is 0 Å². The molecule has 1 fully saturated rings. The molecule has 0 aliphatic heterocycles. The average Bonchev–Trinajstić information content (AvgIpc) is 2.47. The fourth-order valence-electron chi connectivity index (χ4n) is 2.62. The SMILES string of the molecule is N[I-]CC1CCC[C@H](NC(=O)OCc2ccccc2)C1. The molecule has 1 aliphatic rings. The third kappa shape index (κ3) is 5.28. The van der Waals surface area contributed by atoms with Crippen molar-refractivity contribution in [2.24, 2.45) is 9.86 Å². The second kappa shape index (κ2) is 8.46. The van der Waals surface area contributed by atoms with Crippen molar-refractivity contribution in [1.29, 1.82) is 0 Å². The van der Waals surface area contributed by atoms with Crippen LogP contribution in [-0.2, 0) is 11.3 Å². The van der Waals surface area contributed by atoms with E-state index in [1.807, 2.05) is 30.3 Å². The van der Waals surface area contributed by atoms with Gasteiger partial charge < -0.3 is 0 Å². The van der Waals surface area contributed by atoms with E-state index >= 15 is 0 Å². The molecule has 2 atom stereocenters. The van der Waals surface area contributed by atoms with Gasteiger partial charge in [0.2, 0.25) is 0 Å². The Morgan fingerprint density at radius 1 is 1.35 bits per heavy atom. The zero-order valence-corrected chi connectivity index (χ0v) is 13.7. The number of alkyl halides is 1. The van der Waals surface area contributed by atoms with Crippen LogP contribution < -0.4 is 30.7 Å². The van der Waals surface area contributed by atoms with Crippen LogP contribution in [0.2, 0.25) is 0 Å². The number of alkyl carbamates (subject to hydrolysis) is 1. The summed E-state index contributed by atoms with van der Waals surface area (Å²) in [5.41, 5.74) is 1.01. The van der Waals surface area contributed by atoms with E-state index in [1.54, 1.807) is 0 Å². The Morgan fingerprint density at radius 2 is 2.15 bits per heavy atom. The Kier molecular flexibility index (Phi) is 6.59. The van der Waals surface area contributed by atoms with Crippen molar-refractivity contribution in [2.75, 3.05) is 4.43 Å². The van der Waals surface area contributed by atoms with Gasteiger partial charge in [-0.25, -0.2) is 0 Å². The fraction of sp³-hybridized carbons (Fsp3) is 0.533. The first-order valence-corrected chi connectivity index (χ1v) is 9.80. The predicted molar refractivity (Wildman–Crippen MR) is 74.6 cm³/mol. The van der Waals surface area contributed by atoms with E-state index < -0.39 is 0 Å². The summed E-state index contributed by atoms with van der Waals surface area (Å²) >= 11 is -0.140. The molecule has 3 N–H and O–H groups in total. The van der Waals surface area contributed by atoms with Crippen LogP contribution in [0.15, 0.2) is 30.3 Å². The van der Waals surface area contributed by atoms with Crippen molar-refractivity contribution in [1.82, 2.24) is 5.32 Å². The summed E-state index contributed by atoms with van der Waals surface area (Å²) in [7, 11) is 0. The number of carbonyl (C=O) groups excluding carboxylic acids is 1. The molecule has 5 heteroatoms. The van der Waals surface area contributed by atoms with E-state index in [9.17, 15) is 4.79 Å². The number of hydrogen-bond acceptors (Lipinski definition) is 3. The summed E-state index contributed by atoms with van der Waals surface area (Å²) < 4.78 is 12.1. The van der Waals surface area contributed by atoms with Crippen LogP contribution in [0.1, 0.15) is 31.2 Å². The van der Waals surface area contributed by atoms with E-state index in [-0.39, 0.29) is 33.6 Å². The van der Waals surface area contributed by atoms with Crippen LogP contribution in [0.3, 0.4) is 0 Å². The third-order valence-corrected chi connectivity index (χ3v) is 5.38. The fourth-order valence-corrected chi connectivity index (χ4v) is 4.14. The first kappa shape index (κ1) is 15.6. The number of hydrogen-bond donors (Lipinski definition) is 2. The van der Waals surface area contributed by atoms with Crippen molar-refractivity contribution in [3.05, 3.63) is 35.9 Å². The van der Waals surface area contributed by atoms with Crippen LogP contribution in [0.25, 0.3) is 0 Å². The van der Waals surface area contributed by atoms with Crippen LogP contribution in [0.4, 0.5) is 4.79 Å². The molecule has 1 saturated carbocycles. The topological polar surface area (TPSA) is 64.3 Å².